The van der Waals surface area contributed by atoms with Crippen LogP contribution < -0.4 is 11.0 Å². The highest BCUT2D eigenvalue weighted by Crippen LogP contribution is 2.07. The monoisotopic (exact) mass is 238 g/mol. The Labute approximate surface area is 100 Å². The van der Waals surface area contributed by atoms with Crippen molar-refractivity contribution in [3.8, 4) is 0 Å². The molecule has 0 aliphatic carbocycles. The molecule has 1 amide bonds. The zero-order chi connectivity index (χ0) is 13.0. The van der Waals surface area contributed by atoms with Crippen molar-refractivity contribution in [1.82, 2.24) is 10.0 Å². The van der Waals surface area contributed by atoms with Crippen LogP contribution in [0.1, 0.15) is 41.4 Å². The maximum Gasteiger partial charge on any atom is 0.280 e. The Hall–Kier alpha value is -1.62. The van der Waals surface area contributed by atoms with Gasteiger partial charge in [-0.25, -0.2) is 5.48 Å². The summed E-state index contributed by atoms with van der Waals surface area (Å²) in [6, 6.07) is 1.51. The van der Waals surface area contributed by atoms with Gasteiger partial charge < -0.3 is 4.57 Å². The fourth-order valence-electron chi connectivity index (χ4n) is 1.70. The first-order valence-electron chi connectivity index (χ1n) is 5.68. The van der Waals surface area contributed by atoms with Crippen molar-refractivity contribution in [3.05, 3.63) is 33.2 Å². The number of aryl methyl sites for hydroxylation is 1. The molecule has 94 valence electrons. The lowest BCUT2D eigenvalue weighted by atomic mass is 10.1. The van der Waals surface area contributed by atoms with E-state index < -0.39 is 5.91 Å². The Morgan fingerprint density at radius 2 is 2.12 bits per heavy atom. The van der Waals surface area contributed by atoms with Gasteiger partial charge in [-0.1, -0.05) is 13.3 Å². The molecule has 0 aliphatic heterocycles. The van der Waals surface area contributed by atoms with Crippen molar-refractivity contribution >= 4 is 5.91 Å². The quantitative estimate of drug-likeness (QED) is 0.615. The van der Waals surface area contributed by atoms with E-state index in [0.29, 0.717) is 6.54 Å². The number of hydrogen-bond donors (Lipinski definition) is 2. The molecule has 0 unspecified atom stereocenters. The van der Waals surface area contributed by atoms with E-state index in [1.165, 1.54) is 11.5 Å². The highest BCUT2D eigenvalue weighted by atomic mass is 16.5. The number of rotatable bonds is 4. The summed E-state index contributed by atoms with van der Waals surface area (Å²) in [6.07, 6.45) is 1.85. The lowest BCUT2D eigenvalue weighted by Crippen LogP contribution is -2.33. The van der Waals surface area contributed by atoms with Gasteiger partial charge in [0.25, 0.3) is 11.5 Å². The maximum absolute atomic E-state index is 12.0. The number of unbranched alkanes of at least 4 members (excludes halogenated alkanes) is 1. The molecule has 0 spiro atoms. The minimum atomic E-state index is -0.761. The molecule has 0 aromatic carbocycles. The largest absolute Gasteiger partial charge is 0.312 e. The lowest BCUT2D eigenvalue weighted by Gasteiger charge is -2.13. The van der Waals surface area contributed by atoms with E-state index in [0.717, 1.165) is 24.1 Å². The molecule has 2 N–H and O–H groups in total. The number of hydrogen-bond acceptors (Lipinski definition) is 3. The van der Waals surface area contributed by atoms with Gasteiger partial charge in [-0.05, 0) is 31.9 Å². The zero-order valence-electron chi connectivity index (χ0n) is 10.4. The number of amides is 1. The maximum atomic E-state index is 12.0. The van der Waals surface area contributed by atoms with Gasteiger partial charge in [0, 0.05) is 12.2 Å². The van der Waals surface area contributed by atoms with Gasteiger partial charge in [-0.15, -0.1) is 0 Å². The van der Waals surface area contributed by atoms with Gasteiger partial charge >= 0.3 is 0 Å². The van der Waals surface area contributed by atoms with E-state index >= 15 is 0 Å². The molecule has 0 saturated carbocycles. The van der Waals surface area contributed by atoms with Crippen LogP contribution in [-0.4, -0.2) is 15.7 Å². The number of nitrogens with one attached hydrogen (secondary N) is 1. The molecule has 5 nitrogen and oxygen atoms in total. The molecule has 1 heterocycles. The van der Waals surface area contributed by atoms with Gasteiger partial charge in [0.15, 0.2) is 0 Å². The summed E-state index contributed by atoms with van der Waals surface area (Å²) >= 11 is 0. The first-order chi connectivity index (χ1) is 8.02. The van der Waals surface area contributed by atoms with Crippen LogP contribution in [0.25, 0.3) is 0 Å². The Morgan fingerprint density at radius 3 is 2.65 bits per heavy atom. The molecule has 1 rings (SSSR count). The van der Waals surface area contributed by atoms with Crippen LogP contribution >= 0.6 is 0 Å². The first-order valence-corrected chi connectivity index (χ1v) is 5.68. The molecule has 0 aliphatic rings. The van der Waals surface area contributed by atoms with Gasteiger partial charge in [-0.2, -0.15) is 0 Å². The van der Waals surface area contributed by atoms with Gasteiger partial charge in [-0.3, -0.25) is 14.8 Å². The number of aromatic nitrogens is 1. The third-order valence-electron chi connectivity index (χ3n) is 2.89. The van der Waals surface area contributed by atoms with E-state index in [1.807, 2.05) is 20.8 Å². The van der Waals surface area contributed by atoms with Crippen LogP contribution in [0.4, 0.5) is 0 Å². The van der Waals surface area contributed by atoms with Crippen LogP contribution in [0.15, 0.2) is 10.9 Å². The molecule has 0 fully saturated rings. The van der Waals surface area contributed by atoms with E-state index in [9.17, 15) is 9.59 Å². The molecule has 1 aromatic heterocycles. The van der Waals surface area contributed by atoms with Crippen molar-refractivity contribution in [3.63, 3.8) is 0 Å². The van der Waals surface area contributed by atoms with E-state index in [1.54, 1.807) is 4.57 Å². The summed E-state index contributed by atoms with van der Waals surface area (Å²) in [6.45, 7) is 6.32. The molecule has 0 atom stereocenters. The minimum absolute atomic E-state index is 0.0216. The van der Waals surface area contributed by atoms with Crippen molar-refractivity contribution in [2.75, 3.05) is 0 Å². The molecule has 5 heteroatoms. The van der Waals surface area contributed by atoms with Crippen LogP contribution in [0.3, 0.4) is 0 Å². The normalized spacial score (nSPS) is 10.4. The standard InChI is InChI=1S/C12H18N2O3/c1-4-5-6-14-9(3)8(2)7-10(12(14)16)11(15)13-17/h7,17H,4-6H2,1-3H3,(H,13,15). The van der Waals surface area contributed by atoms with Crippen LogP contribution in [-0.2, 0) is 6.54 Å². The van der Waals surface area contributed by atoms with E-state index in [-0.39, 0.29) is 11.1 Å². The smallest absolute Gasteiger partial charge is 0.280 e. The molecule has 0 saturated heterocycles. The Balaban J connectivity index is 3.32. The lowest BCUT2D eigenvalue weighted by molar-refractivity contribution is 0.0704. The number of pyridine rings is 1. The fraction of sp³-hybridized carbons (Fsp3) is 0.500. The summed E-state index contributed by atoms with van der Waals surface area (Å²) in [7, 11) is 0. The first kappa shape index (κ1) is 13.4. The predicted molar refractivity (Wildman–Crippen MR) is 64.3 cm³/mol. The molecular formula is C12H18N2O3. The van der Waals surface area contributed by atoms with Crippen molar-refractivity contribution < 1.29 is 10.0 Å². The highest BCUT2D eigenvalue weighted by Gasteiger charge is 2.14. The van der Waals surface area contributed by atoms with Crippen molar-refractivity contribution in [2.45, 2.75) is 40.2 Å². The minimum Gasteiger partial charge on any atom is -0.312 e. The van der Waals surface area contributed by atoms with E-state index in [4.69, 9.17) is 5.21 Å². The summed E-state index contributed by atoms with van der Waals surface area (Å²) in [5, 5.41) is 8.59. The summed E-state index contributed by atoms with van der Waals surface area (Å²) in [5.74, 6) is -0.761. The highest BCUT2D eigenvalue weighted by molar-refractivity contribution is 5.93. The summed E-state index contributed by atoms with van der Waals surface area (Å²) < 4.78 is 1.59. The van der Waals surface area contributed by atoms with Gasteiger partial charge in [0.1, 0.15) is 5.56 Å². The van der Waals surface area contributed by atoms with Crippen molar-refractivity contribution in [2.24, 2.45) is 0 Å². The second-order valence-electron chi connectivity index (χ2n) is 4.08. The topological polar surface area (TPSA) is 71.3 Å². The number of carbonyl (C=O) groups excluding carboxylic acids is 1. The second-order valence-corrected chi connectivity index (χ2v) is 4.08. The van der Waals surface area contributed by atoms with Crippen molar-refractivity contribution in [1.29, 1.82) is 0 Å². The fourth-order valence-corrected chi connectivity index (χ4v) is 1.70. The molecule has 1 aromatic rings. The number of nitrogens with zero attached hydrogens (tertiary/aromatic N) is 1. The third kappa shape index (κ3) is 2.74. The average Bonchev–Trinajstić information content (AvgIpc) is 2.33. The molecular weight excluding hydrogens is 220 g/mol. The molecule has 17 heavy (non-hydrogen) atoms. The molecule has 0 radical (unpaired) electrons. The van der Waals surface area contributed by atoms with Crippen LogP contribution in [0.2, 0.25) is 0 Å². The Kier molecular flexibility index (Phi) is 4.45. The summed E-state index contributed by atoms with van der Waals surface area (Å²) in [5.41, 5.74) is 2.84. The number of carbonyl (C=O) groups is 1. The van der Waals surface area contributed by atoms with Crippen LogP contribution in [0, 0.1) is 13.8 Å². The zero-order valence-corrected chi connectivity index (χ0v) is 10.4. The summed E-state index contributed by atoms with van der Waals surface area (Å²) in [4.78, 5) is 23.4. The third-order valence-corrected chi connectivity index (χ3v) is 2.89. The van der Waals surface area contributed by atoms with Gasteiger partial charge in [0.2, 0.25) is 0 Å². The van der Waals surface area contributed by atoms with E-state index in [2.05, 4.69) is 0 Å². The SMILES string of the molecule is CCCCn1c(C)c(C)cc(C(=O)NO)c1=O. The Morgan fingerprint density at radius 1 is 1.47 bits per heavy atom. The average molecular weight is 238 g/mol. The predicted octanol–water partition coefficient (Wildman–Crippen LogP) is 1.38. The molecule has 0 bridgehead atoms. The Bertz CT molecular complexity index is 477. The second kappa shape index (κ2) is 5.63. The number of hydroxylamine groups is 1. The van der Waals surface area contributed by atoms with Crippen LogP contribution in [0.5, 0.6) is 0 Å². The van der Waals surface area contributed by atoms with Gasteiger partial charge in [0.05, 0.1) is 0 Å².